The summed E-state index contributed by atoms with van der Waals surface area (Å²) in [5.74, 6) is -0.236. The van der Waals surface area contributed by atoms with Gasteiger partial charge in [0.15, 0.2) is 0 Å². The highest BCUT2D eigenvalue weighted by molar-refractivity contribution is 6.18. The third kappa shape index (κ3) is 4.41. The standard InChI is InChI=1S/C22H27NO2/c1-2-25-22(24)21(18-10-6-5-7-11-18)19-12-14-20(15-13-19)23-16-8-3-4-9-17-23/h5-7,10-12,14-15H,2-4,8-9,13,16-17H2,1H3. The third-order valence-electron chi connectivity index (χ3n) is 4.82. The number of ether oxygens (including phenoxy) is 1. The van der Waals surface area contributed by atoms with Crippen molar-refractivity contribution in [3.05, 3.63) is 65.4 Å². The predicted octanol–water partition coefficient (Wildman–Crippen LogP) is 4.72. The van der Waals surface area contributed by atoms with E-state index in [1.54, 1.807) is 0 Å². The van der Waals surface area contributed by atoms with Gasteiger partial charge in [0.1, 0.15) is 0 Å². The number of allylic oxidation sites excluding steroid dienone is 4. The van der Waals surface area contributed by atoms with Gasteiger partial charge in [0.05, 0.1) is 12.2 Å². The summed E-state index contributed by atoms with van der Waals surface area (Å²) < 4.78 is 5.31. The van der Waals surface area contributed by atoms with Crippen LogP contribution in [0.5, 0.6) is 0 Å². The predicted molar refractivity (Wildman–Crippen MR) is 102 cm³/mol. The average molecular weight is 337 g/mol. The topological polar surface area (TPSA) is 29.5 Å². The molecule has 0 radical (unpaired) electrons. The smallest absolute Gasteiger partial charge is 0.339 e. The number of carbonyl (C=O) groups excluding carboxylic acids is 1. The minimum atomic E-state index is -0.236. The largest absolute Gasteiger partial charge is 0.462 e. The van der Waals surface area contributed by atoms with Crippen LogP contribution in [-0.4, -0.2) is 30.6 Å². The average Bonchev–Trinajstić information content (AvgIpc) is 2.93. The lowest BCUT2D eigenvalue weighted by atomic mass is 9.94. The van der Waals surface area contributed by atoms with Crippen molar-refractivity contribution < 1.29 is 9.53 Å². The van der Waals surface area contributed by atoms with E-state index < -0.39 is 0 Å². The molecule has 1 aromatic rings. The summed E-state index contributed by atoms with van der Waals surface area (Å²) >= 11 is 0. The molecule has 132 valence electrons. The van der Waals surface area contributed by atoms with Crippen molar-refractivity contribution in [2.24, 2.45) is 0 Å². The fourth-order valence-electron chi connectivity index (χ4n) is 3.53. The molecule has 0 bridgehead atoms. The number of nitrogens with zero attached hydrogens (tertiary/aromatic N) is 1. The summed E-state index contributed by atoms with van der Waals surface area (Å²) in [6.45, 7) is 4.51. The number of hydrogen-bond acceptors (Lipinski definition) is 3. The Labute approximate surface area is 150 Å². The number of rotatable bonds is 4. The van der Waals surface area contributed by atoms with Gasteiger partial charge in [-0.2, -0.15) is 0 Å². The molecule has 3 rings (SSSR count). The van der Waals surface area contributed by atoms with E-state index in [0.29, 0.717) is 12.2 Å². The number of benzene rings is 1. The molecule has 0 unspecified atom stereocenters. The van der Waals surface area contributed by atoms with Crippen molar-refractivity contribution in [2.75, 3.05) is 19.7 Å². The van der Waals surface area contributed by atoms with E-state index in [9.17, 15) is 4.79 Å². The lowest BCUT2D eigenvalue weighted by Crippen LogP contribution is -2.23. The molecule has 1 saturated heterocycles. The molecule has 25 heavy (non-hydrogen) atoms. The van der Waals surface area contributed by atoms with Gasteiger partial charge in [-0.1, -0.05) is 55.3 Å². The lowest BCUT2D eigenvalue weighted by molar-refractivity contribution is -0.136. The normalized spacial score (nSPS) is 19.9. The van der Waals surface area contributed by atoms with Gasteiger partial charge < -0.3 is 9.64 Å². The fraction of sp³-hybridized carbons (Fsp3) is 0.409. The zero-order valence-electron chi connectivity index (χ0n) is 15.0. The minimum absolute atomic E-state index is 0.236. The lowest BCUT2D eigenvalue weighted by Gasteiger charge is -2.26. The Hall–Kier alpha value is -2.29. The highest BCUT2D eigenvalue weighted by Crippen LogP contribution is 2.28. The van der Waals surface area contributed by atoms with Crippen molar-refractivity contribution in [3.8, 4) is 0 Å². The monoisotopic (exact) mass is 337 g/mol. The van der Waals surface area contributed by atoms with E-state index in [2.05, 4.69) is 23.1 Å². The first-order valence-electron chi connectivity index (χ1n) is 9.38. The molecule has 0 N–H and O–H groups in total. The maximum absolute atomic E-state index is 12.5. The summed E-state index contributed by atoms with van der Waals surface area (Å²) in [5, 5.41) is 0. The van der Waals surface area contributed by atoms with Crippen LogP contribution < -0.4 is 0 Å². The van der Waals surface area contributed by atoms with Gasteiger partial charge in [0.2, 0.25) is 0 Å². The molecular formula is C22H27NO2. The maximum Gasteiger partial charge on any atom is 0.339 e. The molecule has 0 amide bonds. The Morgan fingerprint density at radius 3 is 2.36 bits per heavy atom. The molecule has 0 spiro atoms. The second kappa shape index (κ2) is 8.70. The molecule has 0 saturated carbocycles. The van der Waals surface area contributed by atoms with Crippen LogP contribution >= 0.6 is 0 Å². The fourth-order valence-corrected chi connectivity index (χ4v) is 3.53. The van der Waals surface area contributed by atoms with Crippen LogP contribution in [-0.2, 0) is 9.53 Å². The second-order valence-corrected chi connectivity index (χ2v) is 6.55. The van der Waals surface area contributed by atoms with Crippen molar-refractivity contribution >= 4 is 11.5 Å². The van der Waals surface area contributed by atoms with Crippen LogP contribution in [0.2, 0.25) is 0 Å². The van der Waals surface area contributed by atoms with Crippen LogP contribution in [0.15, 0.2) is 59.8 Å². The Balaban J connectivity index is 1.85. The number of carbonyl (C=O) groups is 1. The summed E-state index contributed by atoms with van der Waals surface area (Å²) in [6, 6.07) is 9.83. The molecule has 0 atom stereocenters. The summed E-state index contributed by atoms with van der Waals surface area (Å²) in [7, 11) is 0. The molecule has 1 aliphatic heterocycles. The van der Waals surface area contributed by atoms with Gasteiger partial charge in [-0.25, -0.2) is 4.79 Å². The SMILES string of the molecule is CCOC(=O)C(=C1C=CC(N2CCCCCC2)=CC1)c1ccccc1. The van der Waals surface area contributed by atoms with Gasteiger partial charge in [0.25, 0.3) is 0 Å². The van der Waals surface area contributed by atoms with Gasteiger partial charge >= 0.3 is 5.97 Å². The first-order chi connectivity index (χ1) is 12.3. The molecule has 1 aliphatic carbocycles. The van der Waals surface area contributed by atoms with Crippen LogP contribution in [0.3, 0.4) is 0 Å². The zero-order valence-corrected chi connectivity index (χ0v) is 15.0. The molecule has 3 nitrogen and oxygen atoms in total. The number of esters is 1. The number of likely N-dealkylation sites (tertiary alicyclic amines) is 1. The van der Waals surface area contributed by atoms with E-state index in [4.69, 9.17) is 4.74 Å². The van der Waals surface area contributed by atoms with E-state index in [0.717, 1.165) is 30.6 Å². The molecule has 0 aromatic heterocycles. The Bertz CT molecular complexity index is 677. The minimum Gasteiger partial charge on any atom is -0.462 e. The van der Waals surface area contributed by atoms with Crippen LogP contribution in [0.25, 0.3) is 5.57 Å². The van der Waals surface area contributed by atoms with E-state index in [1.807, 2.05) is 37.3 Å². The van der Waals surface area contributed by atoms with Gasteiger partial charge in [-0.05, 0) is 43.4 Å². The van der Waals surface area contributed by atoms with E-state index in [-0.39, 0.29) is 5.97 Å². The Kier molecular flexibility index (Phi) is 6.10. The summed E-state index contributed by atoms with van der Waals surface area (Å²) in [5.41, 5.74) is 3.93. The van der Waals surface area contributed by atoms with E-state index >= 15 is 0 Å². The molecule has 3 heteroatoms. The summed E-state index contributed by atoms with van der Waals surface area (Å²) in [4.78, 5) is 15.0. The molecule has 2 aliphatic rings. The Morgan fingerprint density at radius 1 is 1.04 bits per heavy atom. The molecule has 1 aromatic carbocycles. The quantitative estimate of drug-likeness (QED) is 0.588. The van der Waals surface area contributed by atoms with Crippen molar-refractivity contribution in [3.63, 3.8) is 0 Å². The third-order valence-corrected chi connectivity index (χ3v) is 4.82. The highest BCUT2D eigenvalue weighted by Gasteiger charge is 2.19. The van der Waals surface area contributed by atoms with Gasteiger partial charge in [-0.3, -0.25) is 0 Å². The zero-order chi connectivity index (χ0) is 17.5. The van der Waals surface area contributed by atoms with E-state index in [1.165, 1.54) is 31.4 Å². The van der Waals surface area contributed by atoms with Crippen LogP contribution in [0.1, 0.15) is 44.6 Å². The first kappa shape index (κ1) is 17.5. The first-order valence-corrected chi connectivity index (χ1v) is 9.38. The maximum atomic E-state index is 12.5. The molecule has 1 fully saturated rings. The van der Waals surface area contributed by atoms with Crippen molar-refractivity contribution in [1.29, 1.82) is 0 Å². The second-order valence-electron chi connectivity index (χ2n) is 6.55. The van der Waals surface area contributed by atoms with Crippen LogP contribution in [0.4, 0.5) is 0 Å². The highest BCUT2D eigenvalue weighted by atomic mass is 16.5. The van der Waals surface area contributed by atoms with Gasteiger partial charge in [-0.15, -0.1) is 0 Å². The molecule has 1 heterocycles. The Morgan fingerprint density at radius 2 is 1.76 bits per heavy atom. The number of hydrogen-bond donors (Lipinski definition) is 0. The van der Waals surface area contributed by atoms with Crippen LogP contribution in [0, 0.1) is 0 Å². The van der Waals surface area contributed by atoms with Crippen molar-refractivity contribution in [1.82, 2.24) is 4.90 Å². The molecular weight excluding hydrogens is 310 g/mol. The van der Waals surface area contributed by atoms with Crippen molar-refractivity contribution in [2.45, 2.75) is 39.0 Å². The van der Waals surface area contributed by atoms with Gasteiger partial charge in [0, 0.05) is 18.8 Å². The summed E-state index contributed by atoms with van der Waals surface area (Å²) in [6.07, 6.45) is 12.5.